The summed E-state index contributed by atoms with van der Waals surface area (Å²) in [6.45, 7) is 16.2. The summed E-state index contributed by atoms with van der Waals surface area (Å²) in [4.78, 5) is 35.7. The summed E-state index contributed by atoms with van der Waals surface area (Å²) >= 11 is 9.64. The number of aryl methyl sites for hydroxylation is 2. The molecule has 12 nitrogen and oxygen atoms in total. The maximum Gasteiger partial charge on any atom is 0.411 e. The molecule has 0 radical (unpaired) electrons. The molecule has 0 spiro atoms. The lowest BCUT2D eigenvalue weighted by Gasteiger charge is -2.12. The van der Waals surface area contributed by atoms with Crippen LogP contribution in [0.15, 0.2) is 36.1 Å². The molecule has 15 heteroatoms. The topological polar surface area (TPSA) is 160 Å². The van der Waals surface area contributed by atoms with Gasteiger partial charge in [0, 0.05) is 24.8 Å². The van der Waals surface area contributed by atoms with Crippen LogP contribution in [-0.2, 0) is 18.9 Å². The number of ether oxygens (including phenoxy) is 4. The molecule has 0 bridgehead atoms. The minimum Gasteiger partial charge on any atom is -0.447 e. The Morgan fingerprint density at radius 2 is 1.42 bits per heavy atom. The Labute approximate surface area is 283 Å². The van der Waals surface area contributed by atoms with E-state index >= 15 is 0 Å². The summed E-state index contributed by atoms with van der Waals surface area (Å²) in [6, 6.07) is 3.59. The molecular formula is C30H43BrN6O6S2. The number of thiocarbonyl (C=S) groups is 1. The van der Waals surface area contributed by atoms with Crippen LogP contribution in [0.4, 0.5) is 21.0 Å². The molecule has 3 rings (SSSR count). The lowest BCUT2D eigenvalue weighted by Crippen LogP contribution is -2.19. The first-order valence-electron chi connectivity index (χ1n) is 14.2. The van der Waals surface area contributed by atoms with Gasteiger partial charge in [0.1, 0.15) is 21.4 Å². The van der Waals surface area contributed by atoms with E-state index in [-0.39, 0.29) is 23.5 Å². The molecule has 248 valence electrons. The standard InChI is InChI=1S/C13H15N3O2S.C11H15N3O2S.C6H13BrO2/c1-8(2)18-13(17)16-10-6-9(3)11(15-7-10)12-14-4-5-19-12;1-6(2)16-11(15)14-8-4-7(3)9(10(12)17)13-5-8;1-3-8-6(5-7)9-4-2/h4-8H,1-3H3,(H,16,17);4-6H,1-3H3,(H2,12,17)(H,14,15);6H,3-5H2,1-2H3. The van der Waals surface area contributed by atoms with Gasteiger partial charge < -0.3 is 24.7 Å². The van der Waals surface area contributed by atoms with Crippen molar-refractivity contribution < 1.29 is 28.5 Å². The molecule has 0 saturated carbocycles. The number of nitrogens with two attached hydrogens (primary N) is 1. The van der Waals surface area contributed by atoms with Gasteiger partial charge in [-0.05, 0) is 78.6 Å². The summed E-state index contributed by atoms with van der Waals surface area (Å²) in [7, 11) is 0. The fraction of sp³-hybridized carbons (Fsp3) is 0.467. The number of carbonyl (C=O) groups is 2. The molecule has 0 aliphatic rings. The number of pyridine rings is 2. The summed E-state index contributed by atoms with van der Waals surface area (Å²) in [5, 5.41) is 8.74. The van der Waals surface area contributed by atoms with Crippen LogP contribution < -0.4 is 16.4 Å². The molecular weight excluding hydrogens is 684 g/mol. The molecule has 0 aliphatic carbocycles. The van der Waals surface area contributed by atoms with Crippen LogP contribution in [0.5, 0.6) is 0 Å². The maximum absolute atomic E-state index is 11.5. The van der Waals surface area contributed by atoms with Crippen molar-refractivity contribution in [2.24, 2.45) is 5.73 Å². The van der Waals surface area contributed by atoms with Crippen LogP contribution in [0.3, 0.4) is 0 Å². The van der Waals surface area contributed by atoms with E-state index in [0.29, 0.717) is 30.3 Å². The van der Waals surface area contributed by atoms with Crippen molar-refractivity contribution in [2.45, 2.75) is 73.9 Å². The Balaban J connectivity index is 0.000000360. The zero-order valence-corrected chi connectivity index (χ0v) is 30.1. The maximum atomic E-state index is 11.5. The molecule has 0 aliphatic heterocycles. The van der Waals surface area contributed by atoms with Gasteiger partial charge in [-0.25, -0.2) is 14.6 Å². The van der Waals surface area contributed by atoms with E-state index < -0.39 is 12.2 Å². The van der Waals surface area contributed by atoms with Gasteiger partial charge in [-0.15, -0.1) is 11.3 Å². The van der Waals surface area contributed by atoms with E-state index in [1.807, 2.05) is 39.1 Å². The van der Waals surface area contributed by atoms with Crippen LogP contribution in [0.2, 0.25) is 0 Å². The third-order valence-corrected chi connectivity index (χ3v) is 6.54. The van der Waals surface area contributed by atoms with Gasteiger partial charge in [-0.3, -0.25) is 20.6 Å². The van der Waals surface area contributed by atoms with Gasteiger partial charge in [-0.2, -0.15) is 0 Å². The highest BCUT2D eigenvalue weighted by molar-refractivity contribution is 9.09. The zero-order valence-electron chi connectivity index (χ0n) is 26.9. The van der Waals surface area contributed by atoms with Gasteiger partial charge in [-0.1, -0.05) is 28.1 Å². The fourth-order valence-electron chi connectivity index (χ4n) is 3.34. The van der Waals surface area contributed by atoms with Crippen molar-refractivity contribution in [2.75, 3.05) is 29.2 Å². The number of rotatable bonds is 11. The van der Waals surface area contributed by atoms with E-state index in [2.05, 4.69) is 41.5 Å². The van der Waals surface area contributed by atoms with Crippen LogP contribution in [0.25, 0.3) is 10.7 Å². The number of amides is 2. The molecule has 0 atom stereocenters. The first-order valence-corrected chi connectivity index (χ1v) is 16.6. The monoisotopic (exact) mass is 726 g/mol. The third kappa shape index (κ3) is 16.1. The second-order valence-electron chi connectivity index (χ2n) is 9.63. The van der Waals surface area contributed by atoms with E-state index in [1.165, 1.54) is 17.5 Å². The number of nitrogens with zero attached hydrogens (tertiary/aromatic N) is 3. The molecule has 0 fully saturated rings. The minimum absolute atomic E-state index is 0.0694. The zero-order chi connectivity index (χ0) is 33.9. The number of nitrogens with one attached hydrogen (secondary N) is 2. The summed E-state index contributed by atoms with van der Waals surface area (Å²) < 4.78 is 20.3. The highest BCUT2D eigenvalue weighted by atomic mass is 79.9. The number of thiazole rings is 1. The number of hydrogen-bond donors (Lipinski definition) is 3. The lowest BCUT2D eigenvalue weighted by atomic mass is 10.2. The molecule has 3 aromatic heterocycles. The van der Waals surface area contributed by atoms with Gasteiger partial charge in [0.05, 0.1) is 41.3 Å². The Morgan fingerprint density at radius 1 is 0.911 bits per heavy atom. The van der Waals surface area contributed by atoms with Crippen LogP contribution in [-0.4, -0.2) is 69.2 Å². The number of halogens is 1. The van der Waals surface area contributed by atoms with Crippen LogP contribution in [0.1, 0.15) is 58.4 Å². The van der Waals surface area contributed by atoms with E-state index in [0.717, 1.165) is 27.2 Å². The van der Waals surface area contributed by atoms with E-state index in [9.17, 15) is 9.59 Å². The van der Waals surface area contributed by atoms with Gasteiger partial charge in [0.15, 0.2) is 6.29 Å². The second-order valence-corrected chi connectivity index (χ2v) is 11.6. The van der Waals surface area contributed by atoms with Gasteiger partial charge in [0.25, 0.3) is 0 Å². The fourth-order valence-corrected chi connectivity index (χ4v) is 4.63. The van der Waals surface area contributed by atoms with Gasteiger partial charge >= 0.3 is 12.2 Å². The van der Waals surface area contributed by atoms with E-state index in [4.69, 9.17) is 36.9 Å². The van der Waals surface area contributed by atoms with Crippen LogP contribution >= 0.6 is 39.5 Å². The number of hydrogen-bond acceptors (Lipinski definition) is 11. The smallest absolute Gasteiger partial charge is 0.411 e. The second kappa shape index (κ2) is 21.5. The van der Waals surface area contributed by atoms with Crippen molar-refractivity contribution >= 4 is 68.0 Å². The number of aromatic nitrogens is 3. The van der Waals surface area contributed by atoms with Crippen LogP contribution in [0, 0.1) is 13.8 Å². The van der Waals surface area contributed by atoms with E-state index in [1.54, 1.807) is 46.2 Å². The first-order chi connectivity index (χ1) is 21.3. The summed E-state index contributed by atoms with van der Waals surface area (Å²) in [5.74, 6) is 0. The molecule has 45 heavy (non-hydrogen) atoms. The number of anilines is 2. The molecule has 0 unspecified atom stereocenters. The molecule has 3 aromatic rings. The average Bonchev–Trinajstić information content (AvgIpc) is 3.47. The molecule has 0 saturated heterocycles. The first kappa shape index (κ1) is 39.8. The SMILES string of the molecule is CCOC(CBr)OCC.Cc1cc(NC(=O)OC(C)C)cnc1-c1nccs1.Cc1cc(NC(=O)OC(C)C)cnc1C(N)=S. The highest BCUT2D eigenvalue weighted by Gasteiger charge is 2.11. The summed E-state index contributed by atoms with van der Waals surface area (Å²) in [6.07, 6.45) is 3.47. The van der Waals surface area contributed by atoms with Crippen molar-refractivity contribution in [1.29, 1.82) is 0 Å². The Bertz CT molecular complexity index is 1340. The van der Waals surface area contributed by atoms with Crippen molar-refractivity contribution in [3.8, 4) is 10.7 Å². The third-order valence-electron chi connectivity index (χ3n) is 5.03. The quantitative estimate of drug-likeness (QED) is 0.104. The van der Waals surface area contributed by atoms with Crippen molar-refractivity contribution in [3.05, 3.63) is 52.9 Å². The minimum atomic E-state index is -0.510. The predicted octanol–water partition coefficient (Wildman–Crippen LogP) is 7.23. The normalized spacial score (nSPS) is 10.4. The average molecular weight is 728 g/mol. The van der Waals surface area contributed by atoms with Crippen molar-refractivity contribution in [3.63, 3.8) is 0 Å². The van der Waals surface area contributed by atoms with Crippen molar-refractivity contribution in [1.82, 2.24) is 15.0 Å². The largest absolute Gasteiger partial charge is 0.447 e. The Kier molecular flexibility index (Phi) is 19.0. The molecule has 0 aromatic carbocycles. The molecule has 3 heterocycles. The van der Waals surface area contributed by atoms with Gasteiger partial charge in [0.2, 0.25) is 0 Å². The predicted molar refractivity (Wildman–Crippen MR) is 186 cm³/mol. The number of alkyl halides is 1. The molecule has 4 N–H and O–H groups in total. The highest BCUT2D eigenvalue weighted by Crippen LogP contribution is 2.25. The lowest BCUT2D eigenvalue weighted by molar-refractivity contribution is -0.119. The Hall–Kier alpha value is -3.24. The number of carbonyl (C=O) groups excluding carboxylic acids is 2. The summed E-state index contributed by atoms with van der Waals surface area (Å²) in [5.41, 5.74) is 9.80. The molecule has 2 amide bonds. The Morgan fingerprint density at radius 3 is 1.80 bits per heavy atom.